The van der Waals surface area contributed by atoms with E-state index < -0.39 is 0 Å². The minimum Gasteiger partial charge on any atom is -0.313 e. The molecule has 60 valence electrons. The maximum absolute atomic E-state index is 3.58. The fourth-order valence-corrected chi connectivity index (χ4v) is 1.49. The first-order valence-corrected chi connectivity index (χ1v) is 4.15. The lowest BCUT2D eigenvalue weighted by Gasteiger charge is -2.38. The molecule has 0 radical (unpaired) electrons. The highest BCUT2D eigenvalue weighted by Crippen LogP contribution is 2.11. The van der Waals surface area contributed by atoms with Crippen LogP contribution in [-0.4, -0.2) is 24.7 Å². The van der Waals surface area contributed by atoms with E-state index in [0.717, 1.165) is 13.1 Å². The minimum absolute atomic E-state index is 0.331. The second-order valence-electron chi connectivity index (χ2n) is 3.59. The molecule has 1 aliphatic rings. The molecule has 1 aliphatic heterocycles. The van der Waals surface area contributed by atoms with E-state index in [0.29, 0.717) is 11.6 Å². The number of piperazine rings is 1. The highest BCUT2D eigenvalue weighted by atomic mass is 15.1. The molecule has 1 saturated heterocycles. The highest BCUT2D eigenvalue weighted by Gasteiger charge is 2.26. The van der Waals surface area contributed by atoms with Crippen molar-refractivity contribution in [3.63, 3.8) is 0 Å². The van der Waals surface area contributed by atoms with Gasteiger partial charge in [0.1, 0.15) is 0 Å². The van der Waals surface area contributed by atoms with Gasteiger partial charge in [0.05, 0.1) is 0 Å². The number of hydrogen-bond acceptors (Lipinski definition) is 2. The van der Waals surface area contributed by atoms with Crippen molar-refractivity contribution in [2.24, 2.45) is 0 Å². The summed E-state index contributed by atoms with van der Waals surface area (Å²) >= 11 is 0. The summed E-state index contributed by atoms with van der Waals surface area (Å²) in [5, 5.41) is 6.99. The average molecular weight is 142 g/mol. The van der Waals surface area contributed by atoms with Gasteiger partial charge in [-0.1, -0.05) is 6.92 Å². The second kappa shape index (κ2) is 2.89. The number of rotatable bonds is 1. The second-order valence-corrected chi connectivity index (χ2v) is 3.59. The van der Waals surface area contributed by atoms with E-state index in [-0.39, 0.29) is 0 Å². The molecule has 0 aromatic rings. The predicted molar refractivity (Wildman–Crippen MR) is 44.2 cm³/mol. The first kappa shape index (κ1) is 8.02. The molecule has 0 aliphatic carbocycles. The minimum atomic E-state index is 0.331. The summed E-state index contributed by atoms with van der Waals surface area (Å²) in [6.07, 6.45) is 1.20. The van der Waals surface area contributed by atoms with E-state index in [1.54, 1.807) is 0 Å². The molecular formula is C8H18N2. The third kappa shape index (κ3) is 1.70. The van der Waals surface area contributed by atoms with E-state index in [4.69, 9.17) is 0 Å². The van der Waals surface area contributed by atoms with Crippen LogP contribution in [0.25, 0.3) is 0 Å². The molecule has 10 heavy (non-hydrogen) atoms. The Morgan fingerprint density at radius 2 is 2.30 bits per heavy atom. The van der Waals surface area contributed by atoms with E-state index in [1.807, 2.05) is 0 Å². The van der Waals surface area contributed by atoms with Crippen molar-refractivity contribution in [3.05, 3.63) is 0 Å². The highest BCUT2D eigenvalue weighted by molar-refractivity contribution is 4.91. The molecule has 0 aromatic heterocycles. The van der Waals surface area contributed by atoms with Crippen LogP contribution >= 0.6 is 0 Å². The predicted octanol–water partition coefficient (Wildman–Crippen LogP) is 0.736. The molecule has 0 saturated carbocycles. The van der Waals surface area contributed by atoms with Crippen LogP contribution in [0.5, 0.6) is 0 Å². The molecule has 0 unspecified atom stereocenters. The summed E-state index contributed by atoms with van der Waals surface area (Å²) in [6.45, 7) is 8.94. The van der Waals surface area contributed by atoms with Crippen LogP contribution in [0, 0.1) is 0 Å². The fraction of sp³-hybridized carbons (Fsp3) is 1.00. The van der Waals surface area contributed by atoms with Gasteiger partial charge in [0.25, 0.3) is 0 Å². The Balaban J connectivity index is 2.45. The largest absolute Gasteiger partial charge is 0.313 e. The third-order valence-electron chi connectivity index (χ3n) is 2.34. The van der Waals surface area contributed by atoms with E-state index in [9.17, 15) is 0 Å². The summed E-state index contributed by atoms with van der Waals surface area (Å²) in [5.74, 6) is 0. The van der Waals surface area contributed by atoms with Crippen LogP contribution in [0.15, 0.2) is 0 Å². The van der Waals surface area contributed by atoms with E-state index in [1.165, 1.54) is 6.42 Å². The average Bonchev–Trinajstić information content (AvgIpc) is 1.88. The van der Waals surface area contributed by atoms with Gasteiger partial charge in [0.15, 0.2) is 0 Å². The summed E-state index contributed by atoms with van der Waals surface area (Å²) < 4.78 is 0. The Hall–Kier alpha value is -0.0800. The quantitative estimate of drug-likeness (QED) is 0.564. The molecule has 0 aromatic carbocycles. The smallest absolute Gasteiger partial charge is 0.0278 e. The van der Waals surface area contributed by atoms with Crippen molar-refractivity contribution in [2.75, 3.05) is 13.1 Å². The van der Waals surface area contributed by atoms with E-state index in [2.05, 4.69) is 31.4 Å². The molecule has 2 N–H and O–H groups in total. The van der Waals surface area contributed by atoms with Gasteiger partial charge in [0.2, 0.25) is 0 Å². The SMILES string of the molecule is CC[C@@]1(C)CNC[C@H](C)N1. The number of nitrogens with one attached hydrogen (secondary N) is 2. The van der Waals surface area contributed by atoms with E-state index >= 15 is 0 Å². The lowest BCUT2D eigenvalue weighted by molar-refractivity contribution is 0.245. The zero-order valence-electron chi connectivity index (χ0n) is 7.20. The zero-order valence-corrected chi connectivity index (χ0v) is 7.20. The third-order valence-corrected chi connectivity index (χ3v) is 2.34. The van der Waals surface area contributed by atoms with Gasteiger partial charge in [-0.05, 0) is 20.3 Å². The van der Waals surface area contributed by atoms with Crippen LogP contribution in [0.1, 0.15) is 27.2 Å². The van der Waals surface area contributed by atoms with Crippen molar-refractivity contribution in [3.8, 4) is 0 Å². The molecule has 1 heterocycles. The summed E-state index contributed by atoms with van der Waals surface area (Å²) in [7, 11) is 0. The molecule has 1 fully saturated rings. The molecule has 1 rings (SSSR count). The fourth-order valence-electron chi connectivity index (χ4n) is 1.49. The van der Waals surface area contributed by atoms with Crippen LogP contribution in [0.3, 0.4) is 0 Å². The van der Waals surface area contributed by atoms with Crippen molar-refractivity contribution < 1.29 is 0 Å². The van der Waals surface area contributed by atoms with Crippen LogP contribution < -0.4 is 10.6 Å². The van der Waals surface area contributed by atoms with Gasteiger partial charge in [-0.25, -0.2) is 0 Å². The molecule has 0 spiro atoms. The van der Waals surface area contributed by atoms with Gasteiger partial charge in [0, 0.05) is 24.7 Å². The molecule has 2 nitrogen and oxygen atoms in total. The Morgan fingerprint density at radius 1 is 1.60 bits per heavy atom. The van der Waals surface area contributed by atoms with Crippen molar-refractivity contribution in [2.45, 2.75) is 38.8 Å². The maximum Gasteiger partial charge on any atom is 0.0278 e. The first-order chi connectivity index (χ1) is 4.66. The van der Waals surface area contributed by atoms with Crippen molar-refractivity contribution in [1.29, 1.82) is 0 Å². The first-order valence-electron chi connectivity index (χ1n) is 4.15. The van der Waals surface area contributed by atoms with Crippen molar-refractivity contribution >= 4 is 0 Å². The van der Waals surface area contributed by atoms with Gasteiger partial charge in [-0.3, -0.25) is 0 Å². The van der Waals surface area contributed by atoms with Crippen LogP contribution in [0.2, 0.25) is 0 Å². The lowest BCUT2D eigenvalue weighted by atomic mass is 9.95. The molecule has 0 amide bonds. The Morgan fingerprint density at radius 3 is 2.70 bits per heavy atom. The Labute approximate surface area is 63.4 Å². The molecular weight excluding hydrogens is 124 g/mol. The topological polar surface area (TPSA) is 24.1 Å². The van der Waals surface area contributed by atoms with Gasteiger partial charge < -0.3 is 10.6 Å². The van der Waals surface area contributed by atoms with Gasteiger partial charge >= 0.3 is 0 Å². The normalized spacial score (nSPS) is 41.7. The summed E-state index contributed by atoms with van der Waals surface area (Å²) in [5.41, 5.74) is 0.331. The van der Waals surface area contributed by atoms with Crippen molar-refractivity contribution in [1.82, 2.24) is 10.6 Å². The van der Waals surface area contributed by atoms with Gasteiger partial charge in [-0.15, -0.1) is 0 Å². The summed E-state index contributed by atoms with van der Waals surface area (Å²) in [6, 6.07) is 0.624. The van der Waals surface area contributed by atoms with Crippen LogP contribution in [0.4, 0.5) is 0 Å². The summed E-state index contributed by atoms with van der Waals surface area (Å²) in [4.78, 5) is 0. The molecule has 2 heteroatoms. The number of hydrogen-bond donors (Lipinski definition) is 2. The zero-order chi connectivity index (χ0) is 7.61. The molecule has 2 atom stereocenters. The monoisotopic (exact) mass is 142 g/mol. The maximum atomic E-state index is 3.58. The van der Waals surface area contributed by atoms with Gasteiger partial charge in [-0.2, -0.15) is 0 Å². The Bertz CT molecular complexity index is 114. The Kier molecular flexibility index (Phi) is 2.32. The van der Waals surface area contributed by atoms with Crippen LogP contribution in [-0.2, 0) is 0 Å². The molecule has 0 bridgehead atoms. The standard InChI is InChI=1S/C8H18N2/c1-4-8(3)6-9-5-7(2)10-8/h7,9-10H,4-6H2,1-3H3/t7-,8-/m0/s1. The lowest BCUT2D eigenvalue weighted by Crippen LogP contribution is -2.60.